The van der Waals surface area contributed by atoms with Crippen molar-refractivity contribution in [1.29, 1.82) is 0 Å². The van der Waals surface area contributed by atoms with Crippen LogP contribution in [0, 0.1) is 22.7 Å². The lowest BCUT2D eigenvalue weighted by Gasteiger charge is -2.61. The van der Waals surface area contributed by atoms with Gasteiger partial charge in [-0.25, -0.2) is 0 Å². The molecule has 4 aliphatic carbocycles. The highest BCUT2D eigenvalue weighted by atomic mass is 16.3. The second-order valence-corrected chi connectivity index (χ2v) is 8.74. The van der Waals surface area contributed by atoms with Crippen LogP contribution in [-0.4, -0.2) is 27.7 Å². The highest BCUT2D eigenvalue weighted by molar-refractivity contribution is 5.91. The van der Waals surface area contributed by atoms with Crippen LogP contribution in [0.3, 0.4) is 0 Å². The molecule has 0 aromatic carbocycles. The van der Waals surface area contributed by atoms with Gasteiger partial charge < -0.3 is 10.2 Å². The lowest BCUT2D eigenvalue weighted by molar-refractivity contribution is -0.192. The molecule has 0 aromatic heterocycles. The molecule has 4 aliphatic rings. The molecule has 2 N–H and O–H groups in total. The summed E-state index contributed by atoms with van der Waals surface area (Å²) >= 11 is 0. The Balaban J connectivity index is 1.74. The van der Waals surface area contributed by atoms with Gasteiger partial charge in [0.2, 0.25) is 0 Å². The molecule has 3 saturated carbocycles. The van der Waals surface area contributed by atoms with Crippen LogP contribution in [0.15, 0.2) is 11.6 Å². The fourth-order valence-electron chi connectivity index (χ4n) is 6.50. The fraction of sp³-hybridized carbons (Fsp3) is 0.842. The molecule has 0 aliphatic heterocycles. The minimum Gasteiger partial charge on any atom is -0.392 e. The summed E-state index contributed by atoms with van der Waals surface area (Å²) in [7, 11) is 0. The Bertz CT molecular complexity index is 553. The summed E-state index contributed by atoms with van der Waals surface area (Å²) in [5, 5.41) is 22.0. The summed E-state index contributed by atoms with van der Waals surface area (Å²) in [6.45, 7) is 4.42. The van der Waals surface area contributed by atoms with E-state index in [-0.39, 0.29) is 28.6 Å². The first-order chi connectivity index (χ1) is 10.3. The lowest BCUT2D eigenvalue weighted by Crippen LogP contribution is -2.61. The first-order valence-corrected chi connectivity index (χ1v) is 8.96. The molecule has 0 amide bonds. The molecule has 0 radical (unpaired) electrons. The van der Waals surface area contributed by atoms with Gasteiger partial charge in [-0.2, -0.15) is 0 Å². The third-order valence-electron chi connectivity index (χ3n) is 8.10. The van der Waals surface area contributed by atoms with Gasteiger partial charge in [-0.3, -0.25) is 4.79 Å². The average molecular weight is 304 g/mol. The molecule has 0 spiro atoms. The zero-order valence-corrected chi connectivity index (χ0v) is 13.8. The summed E-state index contributed by atoms with van der Waals surface area (Å²) in [5.41, 5.74) is 0.360. The van der Waals surface area contributed by atoms with E-state index in [9.17, 15) is 15.0 Å². The van der Waals surface area contributed by atoms with Crippen molar-refractivity contribution in [2.45, 2.75) is 76.9 Å². The van der Waals surface area contributed by atoms with Crippen molar-refractivity contribution in [2.24, 2.45) is 22.7 Å². The highest BCUT2D eigenvalue weighted by Gasteiger charge is 2.66. The SMILES string of the molecule is C[C@]12CCC(=O)C=C1CC[C@@H]1[C@@H]2CC[C@]2(C)[C@H](O)CC[C@@]12O. The number of ketones is 1. The maximum Gasteiger partial charge on any atom is 0.155 e. The second kappa shape index (κ2) is 4.45. The summed E-state index contributed by atoms with van der Waals surface area (Å²) in [6.07, 6.45) is 8.49. The number of hydrogen-bond donors (Lipinski definition) is 2. The van der Waals surface area contributed by atoms with Crippen LogP contribution < -0.4 is 0 Å². The summed E-state index contributed by atoms with van der Waals surface area (Å²) < 4.78 is 0. The monoisotopic (exact) mass is 304 g/mol. The molecule has 0 bridgehead atoms. The molecular formula is C19H28O3. The van der Waals surface area contributed by atoms with E-state index in [1.807, 2.05) is 6.08 Å². The van der Waals surface area contributed by atoms with E-state index in [2.05, 4.69) is 13.8 Å². The van der Waals surface area contributed by atoms with Crippen LogP contribution in [0.2, 0.25) is 0 Å². The smallest absolute Gasteiger partial charge is 0.155 e. The van der Waals surface area contributed by atoms with Gasteiger partial charge >= 0.3 is 0 Å². The number of rotatable bonds is 0. The standard InChI is InChI=1S/C19H28O3/c1-17-8-5-13(20)11-12(17)3-4-15-14(17)6-9-18(2)16(21)7-10-19(15,18)22/h11,14-16,21-22H,3-10H2,1-2H3/t14-,15+,16+,17-,18+,19+/m0/s1. The van der Waals surface area contributed by atoms with E-state index < -0.39 is 5.60 Å². The van der Waals surface area contributed by atoms with E-state index in [1.165, 1.54) is 5.57 Å². The third-order valence-corrected chi connectivity index (χ3v) is 8.10. The molecular weight excluding hydrogens is 276 g/mol. The van der Waals surface area contributed by atoms with Crippen molar-refractivity contribution in [2.75, 3.05) is 0 Å². The predicted octanol–water partition coefficient (Wildman–Crippen LogP) is 2.99. The van der Waals surface area contributed by atoms with Crippen LogP contribution in [0.5, 0.6) is 0 Å². The number of aliphatic hydroxyl groups excluding tert-OH is 1. The molecule has 3 nitrogen and oxygen atoms in total. The molecule has 4 rings (SSSR count). The Morgan fingerprint density at radius 1 is 1.05 bits per heavy atom. The number of allylic oxidation sites excluding steroid dienone is 1. The van der Waals surface area contributed by atoms with Crippen molar-refractivity contribution in [3.8, 4) is 0 Å². The Labute approximate surface area is 132 Å². The zero-order chi connectivity index (χ0) is 15.8. The molecule has 0 heterocycles. The number of hydrogen-bond acceptors (Lipinski definition) is 3. The van der Waals surface area contributed by atoms with Crippen molar-refractivity contribution < 1.29 is 15.0 Å². The third kappa shape index (κ3) is 1.62. The first kappa shape index (κ1) is 14.9. The number of carbonyl (C=O) groups excluding carboxylic acids is 1. The van der Waals surface area contributed by atoms with Crippen molar-refractivity contribution in [3.05, 3.63) is 11.6 Å². The molecule has 122 valence electrons. The number of carbonyl (C=O) groups is 1. The second-order valence-electron chi connectivity index (χ2n) is 8.74. The Kier molecular flexibility index (Phi) is 3.01. The maximum absolute atomic E-state index is 11.8. The van der Waals surface area contributed by atoms with Crippen LogP contribution in [0.1, 0.15) is 65.2 Å². The van der Waals surface area contributed by atoms with Gasteiger partial charge in [0.25, 0.3) is 0 Å². The summed E-state index contributed by atoms with van der Waals surface area (Å²) in [4.78, 5) is 11.8. The molecule has 3 fully saturated rings. The first-order valence-electron chi connectivity index (χ1n) is 8.96. The van der Waals surface area contributed by atoms with Crippen molar-refractivity contribution in [3.63, 3.8) is 0 Å². The minimum atomic E-state index is -0.717. The molecule has 6 atom stereocenters. The van der Waals surface area contributed by atoms with Gasteiger partial charge in [0.1, 0.15) is 0 Å². The fourth-order valence-corrected chi connectivity index (χ4v) is 6.50. The Hall–Kier alpha value is -0.670. The number of aliphatic hydroxyl groups is 2. The highest BCUT2D eigenvalue weighted by Crippen LogP contribution is 2.66. The normalized spacial score (nSPS) is 54.3. The molecule has 3 heteroatoms. The predicted molar refractivity (Wildman–Crippen MR) is 84.2 cm³/mol. The van der Waals surface area contributed by atoms with Gasteiger partial charge in [0.15, 0.2) is 5.78 Å². The lowest BCUT2D eigenvalue weighted by atomic mass is 9.46. The van der Waals surface area contributed by atoms with E-state index in [0.29, 0.717) is 12.3 Å². The van der Waals surface area contributed by atoms with Gasteiger partial charge in [-0.05, 0) is 68.3 Å². The van der Waals surface area contributed by atoms with E-state index in [1.54, 1.807) is 0 Å². The van der Waals surface area contributed by atoms with E-state index in [0.717, 1.165) is 44.9 Å². The topological polar surface area (TPSA) is 57.5 Å². The Morgan fingerprint density at radius 3 is 2.59 bits per heavy atom. The maximum atomic E-state index is 11.8. The number of fused-ring (bicyclic) bond motifs is 5. The molecule has 0 aromatic rings. The van der Waals surface area contributed by atoms with Gasteiger partial charge in [-0.15, -0.1) is 0 Å². The van der Waals surface area contributed by atoms with Gasteiger partial charge in [-0.1, -0.05) is 19.4 Å². The zero-order valence-electron chi connectivity index (χ0n) is 13.8. The van der Waals surface area contributed by atoms with E-state index in [4.69, 9.17) is 0 Å². The minimum absolute atomic E-state index is 0.0848. The van der Waals surface area contributed by atoms with Gasteiger partial charge in [0, 0.05) is 11.8 Å². The summed E-state index contributed by atoms with van der Waals surface area (Å²) in [5.74, 6) is 1.02. The van der Waals surface area contributed by atoms with Crippen LogP contribution >= 0.6 is 0 Å². The van der Waals surface area contributed by atoms with Crippen molar-refractivity contribution in [1.82, 2.24) is 0 Å². The quantitative estimate of drug-likeness (QED) is 0.723. The molecule has 0 saturated heterocycles. The van der Waals surface area contributed by atoms with E-state index >= 15 is 0 Å². The van der Waals surface area contributed by atoms with Crippen LogP contribution in [-0.2, 0) is 4.79 Å². The van der Waals surface area contributed by atoms with Crippen LogP contribution in [0.25, 0.3) is 0 Å². The molecule has 0 unspecified atom stereocenters. The Morgan fingerprint density at radius 2 is 1.82 bits per heavy atom. The molecule has 22 heavy (non-hydrogen) atoms. The van der Waals surface area contributed by atoms with Crippen LogP contribution in [0.4, 0.5) is 0 Å². The summed E-state index contributed by atoms with van der Waals surface area (Å²) in [6, 6.07) is 0. The average Bonchev–Trinajstić information content (AvgIpc) is 2.72. The largest absolute Gasteiger partial charge is 0.392 e. The van der Waals surface area contributed by atoms with Gasteiger partial charge in [0.05, 0.1) is 11.7 Å². The van der Waals surface area contributed by atoms with Crippen molar-refractivity contribution >= 4 is 5.78 Å².